The molecule has 0 saturated carbocycles. The average molecular weight is 374 g/mol. The summed E-state index contributed by atoms with van der Waals surface area (Å²) in [6, 6.07) is 7.36. The van der Waals surface area contributed by atoms with Gasteiger partial charge >= 0.3 is 6.09 Å². The fraction of sp³-hybridized carbons (Fsp3) is 0.526. The second-order valence-corrected chi connectivity index (χ2v) is 7.38. The lowest BCUT2D eigenvalue weighted by molar-refractivity contribution is -0.123. The van der Waals surface area contributed by atoms with Crippen molar-refractivity contribution in [2.75, 3.05) is 38.5 Å². The molecule has 0 radical (unpaired) electrons. The van der Waals surface area contributed by atoms with Gasteiger partial charge in [0.1, 0.15) is 5.60 Å². The zero-order valence-electron chi connectivity index (χ0n) is 15.8. The lowest BCUT2D eigenvalue weighted by Gasteiger charge is -2.37. The molecular weight excluding hydrogens is 348 g/mol. The number of benzene rings is 1. The van der Waals surface area contributed by atoms with E-state index in [1.54, 1.807) is 11.9 Å². The Morgan fingerprint density at radius 1 is 1.22 bits per heavy atom. The molecule has 8 heteroatoms. The van der Waals surface area contributed by atoms with Crippen molar-refractivity contribution in [2.45, 2.75) is 31.9 Å². The molecule has 146 valence electrons. The molecule has 0 bridgehead atoms. The van der Waals surface area contributed by atoms with Crippen LogP contribution in [0.25, 0.3) is 0 Å². The van der Waals surface area contributed by atoms with Crippen LogP contribution in [-0.4, -0.2) is 66.5 Å². The third-order valence-electron chi connectivity index (χ3n) is 4.89. The van der Waals surface area contributed by atoms with E-state index in [1.165, 1.54) is 6.92 Å². The maximum absolute atomic E-state index is 12.3. The maximum atomic E-state index is 12.3. The van der Waals surface area contributed by atoms with Gasteiger partial charge in [0.25, 0.3) is 0 Å². The molecule has 0 aliphatic carbocycles. The number of likely N-dealkylation sites (tertiary alicyclic amines) is 1. The van der Waals surface area contributed by atoms with Crippen molar-refractivity contribution in [3.8, 4) is 0 Å². The third-order valence-corrected chi connectivity index (χ3v) is 4.89. The first-order valence-electron chi connectivity index (χ1n) is 9.15. The van der Waals surface area contributed by atoms with Gasteiger partial charge in [-0.3, -0.25) is 14.5 Å². The summed E-state index contributed by atoms with van der Waals surface area (Å²) >= 11 is 0. The van der Waals surface area contributed by atoms with E-state index in [0.717, 1.165) is 30.6 Å². The van der Waals surface area contributed by atoms with Gasteiger partial charge in [0.05, 0.1) is 13.1 Å². The van der Waals surface area contributed by atoms with Crippen LogP contribution in [0.15, 0.2) is 24.3 Å². The Morgan fingerprint density at radius 3 is 2.59 bits per heavy atom. The number of amides is 3. The second-order valence-electron chi connectivity index (χ2n) is 7.38. The van der Waals surface area contributed by atoms with E-state index in [0.29, 0.717) is 19.6 Å². The minimum absolute atomic E-state index is 0.0596. The summed E-state index contributed by atoms with van der Waals surface area (Å²) in [4.78, 5) is 38.7. The number of hydrogen-bond donors (Lipinski definition) is 2. The van der Waals surface area contributed by atoms with Crippen molar-refractivity contribution in [1.29, 1.82) is 0 Å². The number of anilines is 1. The molecule has 1 aromatic carbocycles. The smallest absolute Gasteiger partial charge is 0.410 e. The molecule has 3 amide bonds. The zero-order valence-corrected chi connectivity index (χ0v) is 15.8. The van der Waals surface area contributed by atoms with Crippen LogP contribution >= 0.6 is 0 Å². The number of nitrogens with one attached hydrogen (secondary N) is 2. The molecule has 1 atom stereocenters. The third kappa shape index (κ3) is 4.97. The number of piperidine rings is 1. The van der Waals surface area contributed by atoms with E-state index < -0.39 is 5.60 Å². The van der Waals surface area contributed by atoms with E-state index in [9.17, 15) is 14.4 Å². The van der Waals surface area contributed by atoms with Gasteiger partial charge in [0.15, 0.2) is 0 Å². The lowest BCUT2D eigenvalue weighted by atomic mass is 9.93. The van der Waals surface area contributed by atoms with Crippen LogP contribution < -0.4 is 10.6 Å². The molecule has 2 aliphatic rings. The molecule has 2 aliphatic heterocycles. The standard InChI is InChI=1S/C19H26N4O4/c1-14(24)21-16-6-4-15(5-7-16)10-20-17(25)11-23-9-3-8-19(13-23)12-22(2)18(26)27-19/h4-7H,3,8-13H2,1-2H3,(H,20,25)(H,21,24)/t19-/m0/s1. The van der Waals surface area contributed by atoms with Crippen LogP contribution in [0.1, 0.15) is 25.3 Å². The largest absolute Gasteiger partial charge is 0.440 e. The number of likely N-dealkylation sites (N-methyl/N-ethyl adjacent to an activating group) is 1. The monoisotopic (exact) mass is 374 g/mol. The highest BCUT2D eigenvalue weighted by molar-refractivity contribution is 5.88. The van der Waals surface area contributed by atoms with Crippen molar-refractivity contribution >= 4 is 23.6 Å². The van der Waals surface area contributed by atoms with E-state index in [2.05, 4.69) is 10.6 Å². The van der Waals surface area contributed by atoms with Crippen LogP contribution in [0.5, 0.6) is 0 Å². The van der Waals surface area contributed by atoms with Crippen molar-refractivity contribution in [1.82, 2.24) is 15.1 Å². The lowest BCUT2D eigenvalue weighted by Crippen LogP contribution is -2.52. The van der Waals surface area contributed by atoms with Gasteiger partial charge in [-0.15, -0.1) is 0 Å². The Hall–Kier alpha value is -2.61. The number of hydrogen-bond acceptors (Lipinski definition) is 5. The van der Waals surface area contributed by atoms with Gasteiger partial charge in [-0.1, -0.05) is 12.1 Å². The Bertz CT molecular complexity index is 721. The molecule has 3 rings (SSSR count). The molecule has 2 N–H and O–H groups in total. The van der Waals surface area contributed by atoms with Gasteiger partial charge in [-0.05, 0) is 37.1 Å². The maximum Gasteiger partial charge on any atom is 0.410 e. The van der Waals surface area contributed by atoms with Gasteiger partial charge < -0.3 is 20.3 Å². The summed E-state index contributed by atoms with van der Waals surface area (Å²) < 4.78 is 5.57. The van der Waals surface area contributed by atoms with Crippen molar-refractivity contribution in [3.05, 3.63) is 29.8 Å². The van der Waals surface area contributed by atoms with E-state index in [1.807, 2.05) is 29.2 Å². The highest BCUT2D eigenvalue weighted by atomic mass is 16.6. The summed E-state index contributed by atoms with van der Waals surface area (Å²) in [5.41, 5.74) is 1.20. The van der Waals surface area contributed by atoms with Crippen LogP contribution in [0.4, 0.5) is 10.5 Å². The first kappa shape index (κ1) is 19.2. The number of ether oxygens (including phenoxy) is 1. The van der Waals surface area contributed by atoms with Crippen LogP contribution in [-0.2, 0) is 20.9 Å². The normalized spacial score (nSPS) is 22.6. The predicted octanol–water partition coefficient (Wildman–Crippen LogP) is 1.18. The Balaban J connectivity index is 1.46. The second kappa shape index (κ2) is 7.96. The SMILES string of the molecule is CC(=O)Nc1ccc(CNC(=O)CN2CCC[C@@]3(C2)CN(C)C(=O)O3)cc1. The minimum atomic E-state index is -0.482. The number of carbonyl (C=O) groups is 3. The van der Waals surface area contributed by atoms with Gasteiger partial charge in [-0.25, -0.2) is 4.79 Å². The molecule has 0 aromatic heterocycles. The number of nitrogens with zero attached hydrogens (tertiary/aromatic N) is 2. The van der Waals surface area contributed by atoms with E-state index in [-0.39, 0.29) is 24.5 Å². The molecule has 1 spiro atoms. The molecule has 2 saturated heterocycles. The summed E-state index contributed by atoms with van der Waals surface area (Å²) in [7, 11) is 1.74. The molecule has 0 unspecified atom stereocenters. The summed E-state index contributed by atoms with van der Waals surface area (Å²) in [5, 5.41) is 5.63. The molecular formula is C19H26N4O4. The molecule has 2 fully saturated rings. The Kier molecular flexibility index (Phi) is 5.65. The van der Waals surface area contributed by atoms with Crippen LogP contribution in [0.2, 0.25) is 0 Å². The predicted molar refractivity (Wildman–Crippen MR) is 100 cm³/mol. The highest BCUT2D eigenvalue weighted by Gasteiger charge is 2.46. The highest BCUT2D eigenvalue weighted by Crippen LogP contribution is 2.31. The van der Waals surface area contributed by atoms with Crippen LogP contribution in [0.3, 0.4) is 0 Å². The Labute approximate surface area is 158 Å². The summed E-state index contributed by atoms with van der Waals surface area (Å²) in [6.45, 7) is 4.15. The van der Waals surface area contributed by atoms with Crippen LogP contribution in [0, 0.1) is 0 Å². The average Bonchev–Trinajstić information content (AvgIpc) is 2.87. The number of carbonyl (C=O) groups excluding carboxylic acids is 3. The minimum Gasteiger partial charge on any atom is -0.440 e. The fourth-order valence-corrected chi connectivity index (χ4v) is 3.70. The summed E-state index contributed by atoms with van der Waals surface area (Å²) in [6.07, 6.45) is 1.45. The molecule has 27 heavy (non-hydrogen) atoms. The van der Waals surface area contributed by atoms with Crippen molar-refractivity contribution < 1.29 is 19.1 Å². The van der Waals surface area contributed by atoms with E-state index >= 15 is 0 Å². The molecule has 2 heterocycles. The Morgan fingerprint density at radius 2 is 1.96 bits per heavy atom. The van der Waals surface area contributed by atoms with Gasteiger partial charge in [0, 0.05) is 32.7 Å². The van der Waals surface area contributed by atoms with E-state index in [4.69, 9.17) is 4.74 Å². The first-order valence-corrected chi connectivity index (χ1v) is 9.15. The quantitative estimate of drug-likeness (QED) is 0.808. The first-order chi connectivity index (χ1) is 12.8. The molecule has 8 nitrogen and oxygen atoms in total. The van der Waals surface area contributed by atoms with Gasteiger partial charge in [0.2, 0.25) is 11.8 Å². The number of rotatable bonds is 5. The topological polar surface area (TPSA) is 91.0 Å². The molecule has 1 aromatic rings. The summed E-state index contributed by atoms with van der Waals surface area (Å²) in [5.74, 6) is -0.176. The van der Waals surface area contributed by atoms with Crippen molar-refractivity contribution in [3.63, 3.8) is 0 Å². The van der Waals surface area contributed by atoms with Crippen molar-refractivity contribution in [2.24, 2.45) is 0 Å². The van der Waals surface area contributed by atoms with Gasteiger partial charge in [-0.2, -0.15) is 0 Å². The zero-order chi connectivity index (χ0) is 19.4. The fourth-order valence-electron chi connectivity index (χ4n) is 3.70.